The Hall–Kier alpha value is -1.66. The fraction of sp³-hybridized carbons (Fsp3) is 0.500. The van der Waals surface area contributed by atoms with Crippen LogP contribution in [0.15, 0.2) is 24.3 Å². The molecule has 1 fully saturated rings. The second-order valence-corrected chi connectivity index (χ2v) is 4.78. The van der Waals surface area contributed by atoms with E-state index >= 15 is 0 Å². The molecule has 98 valence electrons. The Bertz CT molecular complexity index is 425. The Morgan fingerprint density at radius 1 is 1.33 bits per heavy atom. The van der Waals surface area contributed by atoms with Crippen molar-refractivity contribution in [2.75, 3.05) is 24.6 Å². The number of nitrogens with zero attached hydrogens (tertiary/aromatic N) is 2. The number of anilines is 1. The number of aliphatic hydroxyl groups is 1. The molecular weight excluding hydrogens is 234 g/mol. The molecule has 0 amide bonds. The molecule has 0 saturated carbocycles. The molecule has 0 unspecified atom stereocenters. The number of nitro groups is 1. The Morgan fingerprint density at radius 3 is 2.33 bits per heavy atom. The second kappa shape index (κ2) is 4.91. The van der Waals surface area contributed by atoms with Gasteiger partial charge in [0.15, 0.2) is 0 Å². The lowest BCUT2D eigenvalue weighted by atomic mass is 9.89. The molecule has 3 N–H and O–H groups in total. The van der Waals surface area contributed by atoms with E-state index in [0.29, 0.717) is 0 Å². The Kier molecular flexibility index (Phi) is 3.49. The van der Waals surface area contributed by atoms with E-state index < -0.39 is 10.5 Å². The van der Waals surface area contributed by atoms with Crippen LogP contribution < -0.4 is 10.6 Å². The summed E-state index contributed by atoms with van der Waals surface area (Å²) in [6.45, 7) is 1.52. The van der Waals surface area contributed by atoms with Crippen LogP contribution in [-0.2, 0) is 0 Å². The summed E-state index contributed by atoms with van der Waals surface area (Å²) in [6.07, 6.45) is 1.45. The normalized spacial score (nSPS) is 18.7. The van der Waals surface area contributed by atoms with Crippen LogP contribution in [-0.4, -0.2) is 35.3 Å². The first kappa shape index (κ1) is 12.8. The molecule has 6 heteroatoms. The molecular formula is C12H17N3O3. The third kappa shape index (κ3) is 2.60. The lowest BCUT2D eigenvalue weighted by molar-refractivity contribution is -0.384. The van der Waals surface area contributed by atoms with Gasteiger partial charge in [-0.3, -0.25) is 10.1 Å². The number of hydrogen-bond acceptors (Lipinski definition) is 5. The van der Waals surface area contributed by atoms with Gasteiger partial charge in [0.25, 0.3) is 5.69 Å². The van der Waals surface area contributed by atoms with Crippen LogP contribution in [0.3, 0.4) is 0 Å². The van der Waals surface area contributed by atoms with Gasteiger partial charge in [-0.25, -0.2) is 0 Å². The molecule has 1 aliphatic heterocycles. The number of piperidine rings is 1. The van der Waals surface area contributed by atoms with Crippen LogP contribution in [0, 0.1) is 10.1 Å². The third-order valence-corrected chi connectivity index (χ3v) is 3.50. The van der Waals surface area contributed by atoms with Gasteiger partial charge in [-0.1, -0.05) is 0 Å². The lowest BCUT2D eigenvalue weighted by Crippen LogP contribution is -2.52. The predicted molar refractivity (Wildman–Crippen MR) is 68.5 cm³/mol. The van der Waals surface area contributed by atoms with Gasteiger partial charge in [0.2, 0.25) is 0 Å². The van der Waals surface area contributed by atoms with Gasteiger partial charge in [-0.05, 0) is 25.0 Å². The van der Waals surface area contributed by atoms with Gasteiger partial charge in [-0.15, -0.1) is 0 Å². The summed E-state index contributed by atoms with van der Waals surface area (Å²) < 4.78 is 0. The van der Waals surface area contributed by atoms with Gasteiger partial charge in [0.05, 0.1) is 11.5 Å². The number of rotatable bonds is 3. The molecule has 18 heavy (non-hydrogen) atoms. The molecule has 0 radical (unpaired) electrons. The van der Waals surface area contributed by atoms with E-state index in [1.807, 2.05) is 0 Å². The highest BCUT2D eigenvalue weighted by molar-refractivity contribution is 5.51. The van der Waals surface area contributed by atoms with Crippen LogP contribution in [0.1, 0.15) is 12.8 Å². The van der Waals surface area contributed by atoms with Crippen molar-refractivity contribution in [2.45, 2.75) is 18.4 Å². The molecule has 1 aromatic rings. The first-order valence-electron chi connectivity index (χ1n) is 5.93. The summed E-state index contributed by atoms with van der Waals surface area (Å²) in [7, 11) is 0. The van der Waals surface area contributed by atoms with Crippen molar-refractivity contribution >= 4 is 11.4 Å². The predicted octanol–water partition coefficient (Wildman–Crippen LogP) is 0.885. The Labute approximate surface area is 105 Å². The first-order chi connectivity index (χ1) is 8.54. The Morgan fingerprint density at radius 2 is 1.89 bits per heavy atom. The maximum Gasteiger partial charge on any atom is 0.269 e. The zero-order valence-electron chi connectivity index (χ0n) is 10.1. The van der Waals surface area contributed by atoms with Gasteiger partial charge in [0.1, 0.15) is 0 Å². The number of benzene rings is 1. The van der Waals surface area contributed by atoms with E-state index in [4.69, 9.17) is 5.73 Å². The van der Waals surface area contributed by atoms with Crippen molar-refractivity contribution in [3.8, 4) is 0 Å². The van der Waals surface area contributed by atoms with Crippen molar-refractivity contribution in [1.82, 2.24) is 0 Å². The zero-order valence-corrected chi connectivity index (χ0v) is 10.1. The molecule has 0 bridgehead atoms. The monoisotopic (exact) mass is 251 g/mol. The fourth-order valence-electron chi connectivity index (χ4n) is 2.15. The molecule has 0 atom stereocenters. The smallest absolute Gasteiger partial charge is 0.269 e. The van der Waals surface area contributed by atoms with Crippen molar-refractivity contribution in [3.63, 3.8) is 0 Å². The fourth-order valence-corrected chi connectivity index (χ4v) is 2.15. The average Bonchev–Trinajstić information content (AvgIpc) is 2.40. The summed E-state index contributed by atoms with van der Waals surface area (Å²) in [5.41, 5.74) is 6.58. The van der Waals surface area contributed by atoms with Gasteiger partial charge >= 0.3 is 0 Å². The van der Waals surface area contributed by atoms with Crippen molar-refractivity contribution in [2.24, 2.45) is 5.73 Å². The van der Waals surface area contributed by atoms with Crippen LogP contribution in [0.4, 0.5) is 11.4 Å². The summed E-state index contributed by atoms with van der Waals surface area (Å²) in [6, 6.07) is 6.51. The molecule has 2 rings (SSSR count). The third-order valence-electron chi connectivity index (χ3n) is 3.50. The summed E-state index contributed by atoms with van der Waals surface area (Å²) in [5, 5.41) is 19.7. The van der Waals surface area contributed by atoms with Crippen molar-refractivity contribution in [3.05, 3.63) is 34.4 Å². The minimum Gasteiger partial charge on any atom is -0.394 e. The van der Waals surface area contributed by atoms with Crippen LogP contribution >= 0.6 is 0 Å². The van der Waals surface area contributed by atoms with Gasteiger partial charge < -0.3 is 15.7 Å². The minimum absolute atomic E-state index is 0.00109. The maximum absolute atomic E-state index is 10.6. The number of non-ortho nitro benzene ring substituents is 1. The summed E-state index contributed by atoms with van der Waals surface area (Å²) in [5.74, 6) is 0. The largest absolute Gasteiger partial charge is 0.394 e. The zero-order chi connectivity index (χ0) is 13.2. The molecule has 0 aliphatic carbocycles. The van der Waals surface area contributed by atoms with Crippen molar-refractivity contribution in [1.29, 1.82) is 0 Å². The first-order valence-corrected chi connectivity index (χ1v) is 5.93. The molecule has 1 aliphatic rings. The quantitative estimate of drug-likeness (QED) is 0.614. The van der Waals surface area contributed by atoms with Gasteiger partial charge in [0, 0.05) is 36.4 Å². The highest BCUT2D eigenvalue weighted by atomic mass is 16.6. The highest BCUT2D eigenvalue weighted by Crippen LogP contribution is 2.25. The standard InChI is InChI=1S/C12H17N3O3/c13-12(9-16)5-7-14(8-6-12)10-1-3-11(4-2-10)15(17)18/h1-4,16H,5-9,13H2. The van der Waals surface area contributed by atoms with E-state index in [2.05, 4.69) is 4.90 Å². The number of nitrogens with two attached hydrogens (primary N) is 1. The van der Waals surface area contributed by atoms with E-state index in [0.717, 1.165) is 31.6 Å². The van der Waals surface area contributed by atoms with E-state index in [1.165, 1.54) is 12.1 Å². The van der Waals surface area contributed by atoms with Crippen molar-refractivity contribution < 1.29 is 10.0 Å². The number of aliphatic hydroxyl groups excluding tert-OH is 1. The van der Waals surface area contributed by atoms with Crippen LogP contribution in [0.25, 0.3) is 0 Å². The molecule has 1 heterocycles. The summed E-state index contributed by atoms with van der Waals surface area (Å²) in [4.78, 5) is 12.3. The average molecular weight is 251 g/mol. The van der Waals surface area contributed by atoms with Gasteiger partial charge in [-0.2, -0.15) is 0 Å². The Balaban J connectivity index is 2.03. The summed E-state index contributed by atoms with van der Waals surface area (Å²) >= 11 is 0. The second-order valence-electron chi connectivity index (χ2n) is 4.78. The van der Waals surface area contributed by atoms with Crippen LogP contribution in [0.2, 0.25) is 0 Å². The molecule has 0 aromatic heterocycles. The van der Waals surface area contributed by atoms with E-state index in [-0.39, 0.29) is 12.3 Å². The SMILES string of the molecule is NC1(CO)CCN(c2ccc([N+](=O)[O-])cc2)CC1. The molecule has 1 saturated heterocycles. The topological polar surface area (TPSA) is 92.6 Å². The minimum atomic E-state index is -0.475. The molecule has 0 spiro atoms. The number of nitro benzene ring substituents is 1. The molecule has 6 nitrogen and oxygen atoms in total. The van der Waals surface area contributed by atoms with Crippen LogP contribution in [0.5, 0.6) is 0 Å². The van der Waals surface area contributed by atoms with E-state index in [9.17, 15) is 15.2 Å². The van der Waals surface area contributed by atoms with E-state index in [1.54, 1.807) is 12.1 Å². The highest BCUT2D eigenvalue weighted by Gasteiger charge is 2.29. The lowest BCUT2D eigenvalue weighted by Gasteiger charge is -2.39. The molecule has 1 aromatic carbocycles. The number of hydrogen-bond donors (Lipinski definition) is 2. The maximum atomic E-state index is 10.6.